The number of benzene rings is 4. The molecule has 0 amide bonds. The summed E-state index contributed by atoms with van der Waals surface area (Å²) in [6.07, 6.45) is -4.64. The average Bonchev–Trinajstić information content (AvgIpc) is 2.86. The van der Waals surface area contributed by atoms with E-state index >= 15 is 0 Å². The maximum Gasteiger partial charge on any atom is 0.419 e. The molecule has 0 bridgehead atoms. The Balaban J connectivity index is 1.33. The highest BCUT2D eigenvalue weighted by Crippen LogP contribution is 2.41. The molecule has 4 aromatic carbocycles. The quantitative estimate of drug-likeness (QED) is 0.267. The second kappa shape index (κ2) is 10.0. The summed E-state index contributed by atoms with van der Waals surface area (Å²) in [6.45, 7) is 2.92. The summed E-state index contributed by atoms with van der Waals surface area (Å²) >= 11 is 0. The van der Waals surface area contributed by atoms with Crippen LogP contribution in [0.3, 0.4) is 0 Å². The molecule has 0 radical (unpaired) electrons. The van der Waals surface area contributed by atoms with Gasteiger partial charge in [0.1, 0.15) is 23.5 Å². The normalized spacial score (nSPS) is 16.4. The number of alkyl halides is 3. The van der Waals surface area contributed by atoms with E-state index in [9.17, 15) is 22.0 Å². The van der Waals surface area contributed by atoms with Crippen molar-refractivity contribution in [2.75, 3.05) is 18.0 Å². The van der Waals surface area contributed by atoms with Gasteiger partial charge in [0.2, 0.25) is 0 Å². The Hall–Kier alpha value is -3.65. The van der Waals surface area contributed by atoms with E-state index in [1.807, 2.05) is 18.2 Å². The summed E-state index contributed by atoms with van der Waals surface area (Å²) in [5.74, 6) is -1.60. The lowest BCUT2D eigenvalue weighted by molar-refractivity contribution is -0.139. The number of hydrogen-bond donors (Lipinski definition) is 1. The standard InChI is InChI=1S/C29H25F5N2O/c1-18(23-8-4-6-19-5-2-3-7-24(19)23)35-14-13-22-17-36(27-12-9-20(30)15-28(27)37-22)21-10-11-25(26(31)16-21)29(32,33)34/h2-12,15-16,18,22,35H,13-14,17H2,1H3. The number of ether oxygens (including phenoxy) is 1. The van der Waals surface area contributed by atoms with Crippen LogP contribution in [0, 0.1) is 11.6 Å². The fraction of sp³-hybridized carbons (Fsp3) is 0.241. The van der Waals surface area contributed by atoms with Crippen LogP contribution in [-0.2, 0) is 6.18 Å². The first-order chi connectivity index (χ1) is 17.7. The van der Waals surface area contributed by atoms with Gasteiger partial charge in [-0.25, -0.2) is 8.78 Å². The van der Waals surface area contributed by atoms with Crippen molar-refractivity contribution < 1.29 is 26.7 Å². The Labute approximate surface area is 211 Å². The first-order valence-corrected chi connectivity index (χ1v) is 12.0. The zero-order valence-corrected chi connectivity index (χ0v) is 20.0. The molecule has 3 nitrogen and oxygen atoms in total. The lowest BCUT2D eigenvalue weighted by Gasteiger charge is -2.36. The minimum atomic E-state index is -4.79. The smallest absolute Gasteiger partial charge is 0.419 e. The second-order valence-corrected chi connectivity index (χ2v) is 9.16. The lowest BCUT2D eigenvalue weighted by Crippen LogP contribution is -2.39. The Morgan fingerprint density at radius 2 is 1.76 bits per heavy atom. The average molecular weight is 513 g/mol. The van der Waals surface area contributed by atoms with Gasteiger partial charge in [-0.2, -0.15) is 13.2 Å². The number of hydrogen-bond acceptors (Lipinski definition) is 3. The Morgan fingerprint density at radius 1 is 0.973 bits per heavy atom. The molecule has 5 rings (SSSR count). The van der Waals surface area contributed by atoms with E-state index in [0.29, 0.717) is 18.7 Å². The lowest BCUT2D eigenvalue weighted by atomic mass is 9.99. The van der Waals surface area contributed by atoms with E-state index < -0.39 is 29.5 Å². The molecule has 2 atom stereocenters. The summed E-state index contributed by atoms with van der Waals surface area (Å²) in [4.78, 5) is 1.67. The van der Waals surface area contributed by atoms with Crippen LogP contribution in [0.25, 0.3) is 10.8 Å². The van der Waals surface area contributed by atoms with E-state index in [1.165, 1.54) is 29.7 Å². The molecule has 0 saturated carbocycles. The molecule has 1 aliphatic rings. The van der Waals surface area contributed by atoms with Crippen LogP contribution in [0.4, 0.5) is 33.3 Å². The number of halogens is 5. The number of rotatable bonds is 6. The van der Waals surface area contributed by atoms with Crippen LogP contribution < -0.4 is 15.0 Å². The maximum absolute atomic E-state index is 14.4. The maximum atomic E-state index is 14.4. The van der Waals surface area contributed by atoms with E-state index in [-0.39, 0.29) is 24.0 Å². The minimum absolute atomic E-state index is 0.0551. The van der Waals surface area contributed by atoms with E-state index in [4.69, 9.17) is 4.74 Å². The van der Waals surface area contributed by atoms with Crippen molar-refractivity contribution in [2.24, 2.45) is 0 Å². The minimum Gasteiger partial charge on any atom is -0.486 e. The third-order valence-corrected chi connectivity index (χ3v) is 6.67. The molecule has 0 spiro atoms. The van der Waals surface area contributed by atoms with Gasteiger partial charge in [-0.15, -0.1) is 0 Å². The molecular formula is C29H25F5N2O. The summed E-state index contributed by atoms with van der Waals surface area (Å²) < 4.78 is 73.5. The topological polar surface area (TPSA) is 24.5 Å². The van der Waals surface area contributed by atoms with Crippen molar-refractivity contribution in [3.63, 3.8) is 0 Å². The fourth-order valence-corrected chi connectivity index (χ4v) is 4.82. The van der Waals surface area contributed by atoms with Gasteiger partial charge in [0, 0.05) is 17.8 Å². The number of nitrogens with zero attached hydrogens (tertiary/aromatic N) is 1. The van der Waals surface area contributed by atoms with Gasteiger partial charge in [-0.1, -0.05) is 42.5 Å². The molecule has 0 fully saturated rings. The third kappa shape index (κ3) is 5.25. The van der Waals surface area contributed by atoms with Gasteiger partial charge in [0.25, 0.3) is 0 Å². The van der Waals surface area contributed by atoms with Gasteiger partial charge in [0.05, 0.1) is 17.8 Å². The van der Waals surface area contributed by atoms with E-state index in [1.54, 1.807) is 4.90 Å². The van der Waals surface area contributed by atoms with Gasteiger partial charge < -0.3 is 15.0 Å². The first-order valence-electron chi connectivity index (χ1n) is 12.0. The molecule has 0 saturated heterocycles. The molecular weight excluding hydrogens is 487 g/mol. The summed E-state index contributed by atoms with van der Waals surface area (Å²) in [5, 5.41) is 5.82. The molecule has 4 aromatic rings. The molecule has 8 heteroatoms. The number of anilines is 2. The van der Waals surface area contributed by atoms with Crippen molar-refractivity contribution in [3.05, 3.63) is 102 Å². The predicted molar refractivity (Wildman–Crippen MR) is 134 cm³/mol. The van der Waals surface area contributed by atoms with E-state index in [2.05, 4.69) is 36.5 Å². The predicted octanol–water partition coefficient (Wildman–Crippen LogP) is 7.78. The molecule has 0 aromatic heterocycles. The summed E-state index contributed by atoms with van der Waals surface area (Å²) in [5.41, 5.74) is 0.543. The van der Waals surface area contributed by atoms with Crippen molar-refractivity contribution in [2.45, 2.75) is 31.7 Å². The highest BCUT2D eigenvalue weighted by atomic mass is 19.4. The number of nitrogens with one attached hydrogen (secondary N) is 1. The van der Waals surface area contributed by atoms with Crippen molar-refractivity contribution in [1.29, 1.82) is 0 Å². The largest absolute Gasteiger partial charge is 0.486 e. The van der Waals surface area contributed by atoms with Crippen LogP contribution in [0.5, 0.6) is 5.75 Å². The van der Waals surface area contributed by atoms with Crippen molar-refractivity contribution in [1.82, 2.24) is 5.32 Å². The van der Waals surface area contributed by atoms with Crippen LogP contribution in [0.2, 0.25) is 0 Å². The van der Waals surface area contributed by atoms with Crippen molar-refractivity contribution >= 4 is 22.1 Å². The highest BCUT2D eigenvalue weighted by Gasteiger charge is 2.35. The first kappa shape index (κ1) is 25.0. The fourth-order valence-electron chi connectivity index (χ4n) is 4.82. The molecule has 0 aliphatic carbocycles. The van der Waals surface area contributed by atoms with Gasteiger partial charge in [-0.3, -0.25) is 0 Å². The van der Waals surface area contributed by atoms with Gasteiger partial charge in [-0.05, 0) is 66.6 Å². The molecule has 1 heterocycles. The second-order valence-electron chi connectivity index (χ2n) is 9.16. The van der Waals surface area contributed by atoms with Crippen LogP contribution >= 0.6 is 0 Å². The molecule has 37 heavy (non-hydrogen) atoms. The summed E-state index contributed by atoms with van der Waals surface area (Å²) in [7, 11) is 0. The van der Waals surface area contributed by atoms with Crippen LogP contribution in [-0.4, -0.2) is 19.2 Å². The van der Waals surface area contributed by atoms with Crippen LogP contribution in [0.15, 0.2) is 78.9 Å². The van der Waals surface area contributed by atoms with E-state index in [0.717, 1.165) is 23.1 Å². The molecule has 2 unspecified atom stereocenters. The molecule has 192 valence electrons. The SMILES string of the molecule is CC(NCCC1CN(c2ccc(C(F)(F)F)c(F)c2)c2ccc(F)cc2O1)c1cccc2ccccc12. The number of fused-ring (bicyclic) bond motifs is 2. The zero-order valence-electron chi connectivity index (χ0n) is 20.0. The van der Waals surface area contributed by atoms with Crippen molar-refractivity contribution in [3.8, 4) is 5.75 Å². The zero-order chi connectivity index (χ0) is 26.2. The Kier molecular flexibility index (Phi) is 6.77. The summed E-state index contributed by atoms with van der Waals surface area (Å²) in [6, 6.07) is 21.1. The third-order valence-electron chi connectivity index (χ3n) is 6.67. The van der Waals surface area contributed by atoms with Gasteiger partial charge >= 0.3 is 6.18 Å². The molecule has 1 aliphatic heterocycles. The molecule has 1 N–H and O–H groups in total. The van der Waals surface area contributed by atoms with Crippen LogP contribution in [0.1, 0.15) is 30.5 Å². The monoisotopic (exact) mass is 512 g/mol. The Bertz CT molecular complexity index is 1420. The van der Waals surface area contributed by atoms with Gasteiger partial charge in [0.15, 0.2) is 0 Å². The highest BCUT2D eigenvalue weighted by molar-refractivity contribution is 5.86. The Morgan fingerprint density at radius 3 is 2.54 bits per heavy atom.